The lowest BCUT2D eigenvalue weighted by molar-refractivity contribution is 0.155. The molecule has 0 aliphatic carbocycles. The first-order valence-electron chi connectivity index (χ1n) is 6.79. The zero-order valence-electron chi connectivity index (χ0n) is 11.7. The molecule has 1 heterocycles. The number of nitrogens with zero attached hydrogens (tertiary/aromatic N) is 1. The van der Waals surface area contributed by atoms with Crippen molar-refractivity contribution in [3.05, 3.63) is 71.7 Å². The van der Waals surface area contributed by atoms with Crippen LogP contribution in [-0.4, -0.2) is 11.1 Å². The highest BCUT2D eigenvalue weighted by Crippen LogP contribution is 2.23. The maximum absolute atomic E-state index is 11.8. The van der Waals surface area contributed by atoms with Crippen molar-refractivity contribution < 1.29 is 9.53 Å². The lowest BCUT2D eigenvalue weighted by atomic mass is 10.2. The van der Waals surface area contributed by atoms with Crippen molar-refractivity contribution in [1.29, 1.82) is 0 Å². The van der Waals surface area contributed by atoms with Crippen molar-refractivity contribution in [2.45, 2.75) is 6.61 Å². The van der Waals surface area contributed by atoms with E-state index in [9.17, 15) is 4.79 Å². The van der Waals surface area contributed by atoms with Gasteiger partial charge in [0.2, 0.25) is 0 Å². The fourth-order valence-electron chi connectivity index (χ4n) is 1.94. The highest BCUT2D eigenvalue weighted by Gasteiger charge is 2.05. The van der Waals surface area contributed by atoms with E-state index in [4.69, 9.17) is 4.74 Å². The number of carbonyl (C=O) groups excluding carboxylic acids is 1. The number of rotatable bonds is 4. The summed E-state index contributed by atoms with van der Waals surface area (Å²) < 4.78 is 5.17. The number of thiazole rings is 1. The Labute approximate surface area is 132 Å². The number of benzene rings is 2. The van der Waals surface area contributed by atoms with Gasteiger partial charge in [0.05, 0.1) is 0 Å². The van der Waals surface area contributed by atoms with Crippen LogP contribution < -0.4 is 5.32 Å². The van der Waals surface area contributed by atoms with Gasteiger partial charge in [-0.2, -0.15) is 0 Å². The molecular weight excluding hydrogens is 296 g/mol. The highest BCUT2D eigenvalue weighted by molar-refractivity contribution is 7.13. The van der Waals surface area contributed by atoms with Crippen molar-refractivity contribution in [3.63, 3.8) is 0 Å². The van der Waals surface area contributed by atoms with Crippen LogP contribution in [0.2, 0.25) is 0 Å². The first kappa shape index (κ1) is 14.3. The first-order chi connectivity index (χ1) is 10.8. The van der Waals surface area contributed by atoms with Crippen LogP contribution >= 0.6 is 11.3 Å². The lowest BCUT2D eigenvalue weighted by Crippen LogP contribution is -2.13. The molecule has 4 nitrogen and oxygen atoms in total. The summed E-state index contributed by atoms with van der Waals surface area (Å²) in [7, 11) is 0. The van der Waals surface area contributed by atoms with Crippen LogP contribution in [0.1, 0.15) is 5.56 Å². The predicted molar refractivity (Wildman–Crippen MR) is 87.8 cm³/mol. The van der Waals surface area contributed by atoms with Crippen molar-refractivity contribution in [2.24, 2.45) is 0 Å². The fourth-order valence-corrected chi connectivity index (χ4v) is 2.58. The molecule has 0 fully saturated rings. The molecule has 2 aromatic carbocycles. The first-order valence-corrected chi connectivity index (χ1v) is 7.67. The van der Waals surface area contributed by atoms with Crippen molar-refractivity contribution >= 4 is 23.1 Å². The predicted octanol–water partition coefficient (Wildman–Crippen LogP) is 4.56. The van der Waals surface area contributed by atoms with E-state index in [-0.39, 0.29) is 6.61 Å². The molecule has 3 aromatic rings. The summed E-state index contributed by atoms with van der Waals surface area (Å²) in [4.78, 5) is 16.0. The van der Waals surface area contributed by atoms with Crippen LogP contribution in [0.4, 0.5) is 10.5 Å². The van der Waals surface area contributed by atoms with E-state index in [0.29, 0.717) is 5.69 Å². The summed E-state index contributed by atoms with van der Waals surface area (Å²) in [6, 6.07) is 17.1. The second-order valence-electron chi connectivity index (χ2n) is 4.60. The Balaban J connectivity index is 1.55. The molecule has 0 radical (unpaired) electrons. The molecule has 0 aliphatic rings. The van der Waals surface area contributed by atoms with Crippen LogP contribution in [0.15, 0.2) is 66.2 Å². The molecule has 0 saturated carbocycles. The minimum atomic E-state index is -0.467. The number of hydrogen-bond acceptors (Lipinski definition) is 4. The Bertz CT molecular complexity index is 725. The smallest absolute Gasteiger partial charge is 0.411 e. The Kier molecular flexibility index (Phi) is 4.46. The van der Waals surface area contributed by atoms with Crippen LogP contribution in [0.5, 0.6) is 0 Å². The maximum Gasteiger partial charge on any atom is 0.411 e. The SMILES string of the molecule is O=C(Nc1ccc(-c2nccs2)cc1)OCc1ccccc1. The molecule has 1 N–H and O–H groups in total. The molecule has 0 spiro atoms. The highest BCUT2D eigenvalue weighted by atomic mass is 32.1. The molecule has 22 heavy (non-hydrogen) atoms. The molecule has 0 unspecified atom stereocenters. The molecule has 3 rings (SSSR count). The van der Waals surface area contributed by atoms with Gasteiger partial charge in [-0.15, -0.1) is 11.3 Å². The molecule has 0 atom stereocenters. The summed E-state index contributed by atoms with van der Waals surface area (Å²) in [6.45, 7) is 0.254. The topological polar surface area (TPSA) is 51.2 Å². The van der Waals surface area contributed by atoms with Crippen LogP contribution in [-0.2, 0) is 11.3 Å². The van der Waals surface area contributed by atoms with Crippen molar-refractivity contribution in [1.82, 2.24) is 4.98 Å². The number of anilines is 1. The Morgan fingerprint density at radius 1 is 1.09 bits per heavy atom. The van der Waals surface area contributed by atoms with Crippen molar-refractivity contribution in [3.8, 4) is 10.6 Å². The number of aromatic nitrogens is 1. The number of amides is 1. The van der Waals surface area contributed by atoms with Crippen LogP contribution in [0.3, 0.4) is 0 Å². The van der Waals surface area contributed by atoms with Gasteiger partial charge >= 0.3 is 6.09 Å². The fraction of sp³-hybridized carbons (Fsp3) is 0.0588. The molecule has 0 bridgehead atoms. The summed E-state index contributed by atoms with van der Waals surface area (Å²) in [5, 5.41) is 5.60. The van der Waals surface area contributed by atoms with Gasteiger partial charge in [-0.05, 0) is 29.8 Å². The van der Waals surface area contributed by atoms with Gasteiger partial charge in [-0.25, -0.2) is 9.78 Å². The Hall–Kier alpha value is -2.66. The zero-order chi connectivity index (χ0) is 15.2. The van der Waals surface area contributed by atoms with Gasteiger partial charge in [0.1, 0.15) is 11.6 Å². The Morgan fingerprint density at radius 2 is 1.86 bits per heavy atom. The second-order valence-corrected chi connectivity index (χ2v) is 5.50. The maximum atomic E-state index is 11.8. The third-order valence-electron chi connectivity index (χ3n) is 3.02. The van der Waals surface area contributed by atoms with Crippen LogP contribution in [0.25, 0.3) is 10.6 Å². The molecule has 0 saturated heterocycles. The van der Waals surface area contributed by atoms with Crippen molar-refractivity contribution in [2.75, 3.05) is 5.32 Å². The second kappa shape index (κ2) is 6.87. The molecule has 1 aromatic heterocycles. The van der Waals surface area contributed by atoms with E-state index in [0.717, 1.165) is 16.1 Å². The van der Waals surface area contributed by atoms with E-state index in [1.165, 1.54) is 0 Å². The monoisotopic (exact) mass is 310 g/mol. The van der Waals surface area contributed by atoms with Gasteiger partial charge in [0, 0.05) is 22.8 Å². The zero-order valence-corrected chi connectivity index (χ0v) is 12.5. The quantitative estimate of drug-likeness (QED) is 0.768. The van der Waals surface area contributed by atoms with Gasteiger partial charge in [0.15, 0.2) is 0 Å². The minimum absolute atomic E-state index is 0.254. The molecule has 110 valence electrons. The summed E-state index contributed by atoms with van der Waals surface area (Å²) in [5.41, 5.74) is 2.67. The summed E-state index contributed by atoms with van der Waals surface area (Å²) >= 11 is 1.58. The number of nitrogens with one attached hydrogen (secondary N) is 1. The number of carbonyl (C=O) groups is 1. The molecule has 5 heteroatoms. The Morgan fingerprint density at radius 3 is 2.55 bits per heavy atom. The van der Waals surface area contributed by atoms with Gasteiger partial charge in [-0.1, -0.05) is 30.3 Å². The minimum Gasteiger partial charge on any atom is -0.444 e. The van der Waals surface area contributed by atoms with Gasteiger partial charge in [-0.3, -0.25) is 5.32 Å². The third-order valence-corrected chi connectivity index (χ3v) is 3.85. The molecule has 1 amide bonds. The lowest BCUT2D eigenvalue weighted by Gasteiger charge is -2.07. The van der Waals surface area contributed by atoms with E-state index in [2.05, 4.69) is 10.3 Å². The average molecular weight is 310 g/mol. The van der Waals surface area contributed by atoms with E-state index in [1.807, 2.05) is 60.0 Å². The number of ether oxygens (including phenoxy) is 1. The molecular formula is C17H14N2O2S. The van der Waals surface area contributed by atoms with Gasteiger partial charge < -0.3 is 4.74 Å². The average Bonchev–Trinajstić information content (AvgIpc) is 3.09. The summed E-state index contributed by atoms with van der Waals surface area (Å²) in [6.07, 6.45) is 1.30. The normalized spacial score (nSPS) is 10.2. The summed E-state index contributed by atoms with van der Waals surface area (Å²) in [5.74, 6) is 0. The number of hydrogen-bond donors (Lipinski definition) is 1. The van der Waals surface area contributed by atoms with E-state index >= 15 is 0 Å². The largest absolute Gasteiger partial charge is 0.444 e. The third kappa shape index (κ3) is 3.71. The van der Waals surface area contributed by atoms with Gasteiger partial charge in [0.25, 0.3) is 0 Å². The van der Waals surface area contributed by atoms with E-state index in [1.54, 1.807) is 17.5 Å². The van der Waals surface area contributed by atoms with Crippen LogP contribution in [0, 0.1) is 0 Å². The van der Waals surface area contributed by atoms with E-state index < -0.39 is 6.09 Å². The molecule has 0 aliphatic heterocycles. The standard InChI is InChI=1S/C17H14N2O2S/c20-17(21-12-13-4-2-1-3-5-13)19-15-8-6-14(7-9-15)16-18-10-11-22-16/h1-11H,12H2,(H,19,20).